The summed E-state index contributed by atoms with van der Waals surface area (Å²) in [7, 11) is 7.47. The Morgan fingerprint density at radius 1 is 0.824 bits per heavy atom. The first-order valence-corrected chi connectivity index (χ1v) is 14.4. The number of hydrogen-bond donors (Lipinski definition) is 2. The van der Waals surface area contributed by atoms with Crippen molar-refractivity contribution in [3.05, 3.63) is 0 Å². The van der Waals surface area contributed by atoms with Crippen molar-refractivity contribution < 1.29 is 50.7 Å². The van der Waals surface area contributed by atoms with E-state index in [4.69, 9.17) is 36.4 Å². The predicted octanol–water partition coefficient (Wildman–Crippen LogP) is 0.580. The molecule has 15 heteroatoms. The van der Waals surface area contributed by atoms with E-state index in [9.17, 15) is 9.59 Å². The molecule has 0 saturated carbocycles. The van der Waals surface area contributed by atoms with Gasteiger partial charge in [-0.05, 0) is 12.8 Å². The summed E-state index contributed by atoms with van der Waals surface area (Å²) in [5.74, 6) is -0.00799. The average molecular weight is 533 g/mol. The summed E-state index contributed by atoms with van der Waals surface area (Å²) in [6.45, 7) is 1.29. The van der Waals surface area contributed by atoms with Gasteiger partial charge in [-0.1, -0.05) is 0 Å². The summed E-state index contributed by atoms with van der Waals surface area (Å²) in [5, 5.41) is 10.5. The van der Waals surface area contributed by atoms with Crippen molar-refractivity contribution in [1.29, 1.82) is 0 Å². The lowest BCUT2D eigenvalue weighted by Gasteiger charge is -2.24. The standard InChI is InChI=1S/C10H23NO5Si.C7H15NO4Si.C2H6O2/c1-13-8-6-10(12)11-7-5-9-17(14-2,15-3)16-4;1-10-13(11-2,12-3)6-4-5-8-7-9;1-4-2-3/h5-9H2,1-4H3,(H,11,12);4-6H2,1-3H3;3H,2H2,1H3. The summed E-state index contributed by atoms with van der Waals surface area (Å²) in [6, 6.07) is 1.34. The summed E-state index contributed by atoms with van der Waals surface area (Å²) in [4.78, 5) is 24.5. The number of aliphatic imine (C=N–C) groups is 1. The molecule has 0 aliphatic carbocycles. The maximum atomic E-state index is 11.3. The second kappa shape index (κ2) is 26.5. The molecule has 0 heterocycles. The van der Waals surface area contributed by atoms with Gasteiger partial charge >= 0.3 is 17.6 Å². The first-order valence-electron chi connectivity index (χ1n) is 10.5. The number of carbonyl (C=O) groups excluding carboxylic acids is 2. The van der Waals surface area contributed by atoms with E-state index in [1.807, 2.05) is 0 Å². The smallest absolute Gasteiger partial charge is 0.384 e. The molecule has 0 aliphatic heterocycles. The molecule has 0 fully saturated rings. The maximum absolute atomic E-state index is 11.3. The zero-order valence-electron chi connectivity index (χ0n) is 21.8. The fourth-order valence-electron chi connectivity index (χ4n) is 2.35. The SMILES string of the molecule is COCCC(=O)NCCC[Si](OC)(OC)OC.COCO.CO[Si](CCCN=C=O)(OC)OC. The van der Waals surface area contributed by atoms with Crippen molar-refractivity contribution in [2.24, 2.45) is 4.99 Å². The van der Waals surface area contributed by atoms with E-state index in [0.717, 1.165) is 6.42 Å². The summed E-state index contributed by atoms with van der Waals surface area (Å²) in [5.41, 5.74) is 0. The number of carbonyl (C=O) groups is 1. The number of methoxy groups -OCH3 is 2. The molecule has 0 aliphatic rings. The van der Waals surface area contributed by atoms with Crippen molar-refractivity contribution in [2.45, 2.75) is 31.4 Å². The lowest BCUT2D eigenvalue weighted by Crippen LogP contribution is -2.43. The number of hydrogen-bond acceptors (Lipinski definition) is 12. The minimum absolute atomic E-state index is 0.00799. The number of nitrogens with one attached hydrogen (secondary N) is 1. The van der Waals surface area contributed by atoms with Crippen LogP contribution in [0.25, 0.3) is 0 Å². The molecule has 1 amide bonds. The second-order valence-electron chi connectivity index (χ2n) is 6.28. The number of isocyanates is 1. The fourth-order valence-corrected chi connectivity index (χ4v) is 5.77. The van der Waals surface area contributed by atoms with Crippen LogP contribution in [0.4, 0.5) is 0 Å². The van der Waals surface area contributed by atoms with Gasteiger partial charge < -0.3 is 46.5 Å². The van der Waals surface area contributed by atoms with Gasteiger partial charge in [0.1, 0.15) is 6.79 Å². The lowest BCUT2D eigenvalue weighted by atomic mass is 10.4. The number of aliphatic hydroxyl groups is 1. The van der Waals surface area contributed by atoms with Crippen LogP contribution in [0, 0.1) is 0 Å². The summed E-state index contributed by atoms with van der Waals surface area (Å²) >= 11 is 0. The molecular formula is C19H44N2O11Si2. The first-order chi connectivity index (χ1) is 16.3. The number of amides is 1. The van der Waals surface area contributed by atoms with Crippen molar-refractivity contribution in [3.63, 3.8) is 0 Å². The normalized spacial score (nSPS) is 10.9. The molecule has 204 valence electrons. The van der Waals surface area contributed by atoms with Gasteiger partial charge in [-0.25, -0.2) is 9.79 Å². The molecule has 0 aromatic carbocycles. The molecule has 0 saturated heterocycles. The maximum Gasteiger partial charge on any atom is 0.500 e. The minimum Gasteiger partial charge on any atom is -0.384 e. The highest BCUT2D eigenvalue weighted by atomic mass is 28.4. The molecule has 0 bridgehead atoms. The highest BCUT2D eigenvalue weighted by molar-refractivity contribution is 6.60. The third-order valence-electron chi connectivity index (χ3n) is 4.33. The number of rotatable bonds is 18. The molecule has 0 spiro atoms. The number of ether oxygens (including phenoxy) is 2. The van der Waals surface area contributed by atoms with Crippen LogP contribution in [0.3, 0.4) is 0 Å². The van der Waals surface area contributed by atoms with Crippen LogP contribution in [0.15, 0.2) is 4.99 Å². The van der Waals surface area contributed by atoms with Gasteiger partial charge in [-0.2, -0.15) is 0 Å². The van der Waals surface area contributed by atoms with Crippen LogP contribution >= 0.6 is 0 Å². The Bertz CT molecular complexity index is 486. The highest BCUT2D eigenvalue weighted by Gasteiger charge is 2.37. The van der Waals surface area contributed by atoms with Crippen LogP contribution < -0.4 is 5.32 Å². The Balaban J connectivity index is -0.000000500. The van der Waals surface area contributed by atoms with Gasteiger partial charge in [0.15, 0.2) is 0 Å². The monoisotopic (exact) mass is 532 g/mol. The molecule has 0 atom stereocenters. The fraction of sp³-hybridized carbons (Fsp3) is 0.895. The van der Waals surface area contributed by atoms with Gasteiger partial charge in [-0.15, -0.1) is 0 Å². The van der Waals surface area contributed by atoms with E-state index in [1.165, 1.54) is 13.2 Å². The third kappa shape index (κ3) is 20.3. The van der Waals surface area contributed by atoms with Crippen LogP contribution in [0.2, 0.25) is 12.1 Å². The van der Waals surface area contributed by atoms with Crippen molar-refractivity contribution in [1.82, 2.24) is 5.32 Å². The summed E-state index contributed by atoms with van der Waals surface area (Å²) in [6.07, 6.45) is 3.33. The van der Waals surface area contributed by atoms with Crippen LogP contribution in [0.1, 0.15) is 19.3 Å². The van der Waals surface area contributed by atoms with Gasteiger partial charge in [-0.3, -0.25) is 4.79 Å². The lowest BCUT2D eigenvalue weighted by molar-refractivity contribution is -0.121. The Hall–Kier alpha value is -1.08. The van der Waals surface area contributed by atoms with E-state index in [0.29, 0.717) is 44.6 Å². The number of nitrogens with zero attached hydrogens (tertiary/aromatic N) is 1. The van der Waals surface area contributed by atoms with E-state index in [-0.39, 0.29) is 12.7 Å². The van der Waals surface area contributed by atoms with Crippen molar-refractivity contribution >= 4 is 29.6 Å². The van der Waals surface area contributed by atoms with Crippen LogP contribution in [0.5, 0.6) is 0 Å². The van der Waals surface area contributed by atoms with Gasteiger partial charge in [0.2, 0.25) is 12.0 Å². The molecule has 2 N–H and O–H groups in total. The first kappa shape index (κ1) is 37.5. The van der Waals surface area contributed by atoms with E-state index < -0.39 is 17.6 Å². The van der Waals surface area contributed by atoms with Crippen molar-refractivity contribution in [3.8, 4) is 0 Å². The molecule has 13 nitrogen and oxygen atoms in total. The highest BCUT2D eigenvalue weighted by Crippen LogP contribution is 2.15. The van der Waals surface area contributed by atoms with Gasteiger partial charge in [0.05, 0.1) is 13.2 Å². The molecule has 0 rings (SSSR count). The Morgan fingerprint density at radius 2 is 1.26 bits per heavy atom. The molecule has 0 radical (unpaired) electrons. The van der Waals surface area contributed by atoms with Gasteiger partial charge in [0, 0.05) is 81.9 Å². The average Bonchev–Trinajstić information content (AvgIpc) is 2.89. The Morgan fingerprint density at radius 3 is 1.62 bits per heavy atom. The van der Waals surface area contributed by atoms with Crippen LogP contribution in [-0.4, -0.2) is 118 Å². The largest absolute Gasteiger partial charge is 0.500 e. The molecule has 0 unspecified atom stereocenters. The zero-order valence-corrected chi connectivity index (χ0v) is 23.8. The van der Waals surface area contributed by atoms with Crippen molar-refractivity contribution in [2.75, 3.05) is 83.4 Å². The predicted molar refractivity (Wildman–Crippen MR) is 129 cm³/mol. The minimum atomic E-state index is -2.49. The van der Waals surface area contributed by atoms with E-state index >= 15 is 0 Å². The molecular weight excluding hydrogens is 488 g/mol. The quantitative estimate of drug-likeness (QED) is 0.0838. The molecule has 0 aromatic rings. The Kier molecular flexibility index (Phi) is 29.2. The zero-order chi connectivity index (χ0) is 26.7. The molecule has 0 aromatic heterocycles. The topological polar surface area (TPSA) is 153 Å². The third-order valence-corrected chi connectivity index (χ3v) is 9.99. The molecule has 34 heavy (non-hydrogen) atoms. The van der Waals surface area contributed by atoms with E-state index in [2.05, 4.69) is 15.0 Å². The van der Waals surface area contributed by atoms with Gasteiger partial charge in [0.25, 0.3) is 0 Å². The van der Waals surface area contributed by atoms with Crippen LogP contribution in [-0.2, 0) is 45.6 Å². The summed E-state index contributed by atoms with van der Waals surface area (Å²) < 4.78 is 40.2. The second-order valence-corrected chi connectivity index (χ2v) is 12.5. The number of aliphatic hydroxyl groups excluding tert-OH is 1. The Labute approximate surface area is 205 Å². The van der Waals surface area contributed by atoms with E-state index in [1.54, 1.807) is 49.8 Å².